The number of rotatable bonds is 10. The summed E-state index contributed by atoms with van der Waals surface area (Å²) >= 11 is 0. The van der Waals surface area contributed by atoms with E-state index in [1.807, 2.05) is 11.0 Å². The van der Waals surface area contributed by atoms with Gasteiger partial charge in [0.05, 0.1) is 18.3 Å². The third-order valence-electron chi connectivity index (χ3n) is 6.31. The maximum absolute atomic E-state index is 14.5. The molecule has 2 heterocycles. The fraction of sp³-hybridized carbons (Fsp3) is 0.480. The number of carboxylic acid groups (broad SMARTS) is 1. The van der Waals surface area contributed by atoms with Crippen molar-refractivity contribution in [3.05, 3.63) is 58.8 Å². The number of allylic oxidation sites excluding steroid dienone is 1. The van der Waals surface area contributed by atoms with E-state index in [1.54, 1.807) is 19.2 Å². The van der Waals surface area contributed by atoms with Crippen LogP contribution in [0.2, 0.25) is 25.7 Å². The SMILES string of the molecule is CC1=C(C(=O)O)c2[nH]ccc2C(c2cc(F)ccc2OCC2CC2)N1COCC[Si](C)(C)C. The first-order valence-electron chi connectivity index (χ1n) is 11.5. The lowest BCUT2D eigenvalue weighted by molar-refractivity contribution is -0.130. The largest absolute Gasteiger partial charge is 0.493 e. The number of aromatic nitrogens is 1. The van der Waals surface area contributed by atoms with Crippen molar-refractivity contribution in [3.8, 4) is 5.75 Å². The number of hydrogen-bond donors (Lipinski definition) is 2. The molecule has 1 aliphatic carbocycles. The Labute approximate surface area is 195 Å². The van der Waals surface area contributed by atoms with E-state index >= 15 is 0 Å². The Balaban J connectivity index is 1.72. The van der Waals surface area contributed by atoms with Crippen molar-refractivity contribution in [1.29, 1.82) is 0 Å². The molecule has 1 saturated carbocycles. The summed E-state index contributed by atoms with van der Waals surface area (Å²) < 4.78 is 26.6. The molecule has 0 spiro atoms. The summed E-state index contributed by atoms with van der Waals surface area (Å²) in [6, 6.07) is 7.02. The summed E-state index contributed by atoms with van der Waals surface area (Å²) in [4.78, 5) is 17.2. The quantitative estimate of drug-likeness (QED) is 0.354. The van der Waals surface area contributed by atoms with Crippen molar-refractivity contribution in [1.82, 2.24) is 9.88 Å². The molecule has 178 valence electrons. The van der Waals surface area contributed by atoms with Gasteiger partial charge in [0, 0.05) is 37.7 Å². The second-order valence-electron chi connectivity index (χ2n) is 10.2. The fourth-order valence-corrected chi connectivity index (χ4v) is 4.93. The fourth-order valence-electron chi connectivity index (χ4n) is 4.18. The van der Waals surface area contributed by atoms with Crippen molar-refractivity contribution in [2.45, 2.75) is 51.5 Å². The number of benzene rings is 1. The third kappa shape index (κ3) is 5.33. The molecular formula is C25H33FN2O4Si. The molecule has 0 saturated heterocycles. The van der Waals surface area contributed by atoms with Crippen molar-refractivity contribution in [2.75, 3.05) is 19.9 Å². The first-order valence-corrected chi connectivity index (χ1v) is 15.2. The highest BCUT2D eigenvalue weighted by atomic mass is 28.3. The Kier molecular flexibility index (Phi) is 6.68. The molecule has 33 heavy (non-hydrogen) atoms. The van der Waals surface area contributed by atoms with Crippen LogP contribution in [0.5, 0.6) is 5.75 Å². The van der Waals surface area contributed by atoms with E-state index in [0.29, 0.717) is 41.8 Å². The van der Waals surface area contributed by atoms with Gasteiger partial charge in [-0.25, -0.2) is 9.18 Å². The van der Waals surface area contributed by atoms with Crippen LogP contribution in [-0.4, -0.2) is 49.0 Å². The molecule has 1 aromatic heterocycles. The molecule has 1 aliphatic heterocycles. The van der Waals surface area contributed by atoms with Crippen molar-refractivity contribution >= 4 is 19.6 Å². The van der Waals surface area contributed by atoms with Crippen LogP contribution in [-0.2, 0) is 9.53 Å². The predicted octanol–water partition coefficient (Wildman–Crippen LogP) is 5.48. The number of aliphatic carboxylic acids is 1. The summed E-state index contributed by atoms with van der Waals surface area (Å²) in [5, 5.41) is 9.95. The van der Waals surface area contributed by atoms with Crippen LogP contribution in [0, 0.1) is 11.7 Å². The number of nitrogens with zero attached hydrogens (tertiary/aromatic N) is 1. The van der Waals surface area contributed by atoms with Gasteiger partial charge in [0.1, 0.15) is 23.9 Å². The van der Waals surface area contributed by atoms with Crippen molar-refractivity contribution in [2.24, 2.45) is 5.92 Å². The molecule has 1 fully saturated rings. The van der Waals surface area contributed by atoms with Gasteiger partial charge in [0.2, 0.25) is 0 Å². The summed E-state index contributed by atoms with van der Waals surface area (Å²) in [7, 11) is -1.28. The predicted molar refractivity (Wildman–Crippen MR) is 128 cm³/mol. The highest BCUT2D eigenvalue weighted by Gasteiger charge is 2.37. The molecule has 0 radical (unpaired) electrons. The molecule has 0 amide bonds. The highest BCUT2D eigenvalue weighted by Crippen LogP contribution is 2.45. The molecular weight excluding hydrogens is 439 g/mol. The maximum Gasteiger partial charge on any atom is 0.339 e. The van der Waals surface area contributed by atoms with Crippen LogP contribution in [0.3, 0.4) is 0 Å². The first-order chi connectivity index (χ1) is 15.7. The van der Waals surface area contributed by atoms with Crippen molar-refractivity contribution < 1.29 is 23.8 Å². The van der Waals surface area contributed by atoms with Crippen LogP contribution in [0.4, 0.5) is 4.39 Å². The van der Waals surface area contributed by atoms with Gasteiger partial charge in [-0.2, -0.15) is 0 Å². The van der Waals surface area contributed by atoms with Gasteiger partial charge >= 0.3 is 5.97 Å². The molecule has 2 aromatic rings. The number of carbonyl (C=O) groups is 1. The van der Waals surface area contributed by atoms with E-state index in [2.05, 4.69) is 24.6 Å². The van der Waals surface area contributed by atoms with Crippen LogP contribution >= 0.6 is 0 Å². The lowest BCUT2D eigenvalue weighted by atomic mass is 9.89. The van der Waals surface area contributed by atoms with Gasteiger partial charge < -0.3 is 24.5 Å². The van der Waals surface area contributed by atoms with E-state index in [1.165, 1.54) is 12.1 Å². The number of fused-ring (bicyclic) bond motifs is 1. The Morgan fingerprint density at radius 3 is 2.67 bits per heavy atom. The Hall–Kier alpha value is -2.58. The Morgan fingerprint density at radius 2 is 2.00 bits per heavy atom. The average molecular weight is 473 g/mol. The summed E-state index contributed by atoms with van der Waals surface area (Å²) in [5.74, 6) is -0.185. The molecule has 2 aliphatic rings. The Bertz CT molecular complexity index is 1050. The minimum Gasteiger partial charge on any atom is -0.493 e. The number of halogens is 1. The number of H-pyrrole nitrogens is 1. The number of aromatic amines is 1. The van der Waals surface area contributed by atoms with E-state index in [-0.39, 0.29) is 18.1 Å². The van der Waals surface area contributed by atoms with Crippen LogP contribution in [0.25, 0.3) is 5.57 Å². The van der Waals surface area contributed by atoms with Gasteiger partial charge in [0.15, 0.2) is 0 Å². The standard InChI is InChI=1S/C25H33FN2O4Si/c1-16-22(25(29)30)23-19(9-10-27-23)24(28(16)15-31-11-12-33(2,3)4)20-13-18(26)7-8-21(20)32-14-17-5-6-17/h7-10,13,17,24,27H,5-6,11-12,14-15H2,1-4H3,(H,29,30). The first kappa shape index (κ1) is 23.6. The minimum atomic E-state index is -1.28. The molecule has 0 bridgehead atoms. The summed E-state index contributed by atoms with van der Waals surface area (Å²) in [5.41, 5.74) is 2.77. The van der Waals surface area contributed by atoms with Gasteiger partial charge in [-0.15, -0.1) is 0 Å². The molecule has 1 unspecified atom stereocenters. The molecule has 6 nitrogen and oxygen atoms in total. The number of ether oxygens (including phenoxy) is 2. The van der Waals surface area contributed by atoms with E-state index in [0.717, 1.165) is 24.4 Å². The average Bonchev–Trinajstić information content (AvgIpc) is 3.44. The summed E-state index contributed by atoms with van der Waals surface area (Å²) in [6.07, 6.45) is 4.04. The van der Waals surface area contributed by atoms with E-state index in [9.17, 15) is 14.3 Å². The maximum atomic E-state index is 14.5. The highest BCUT2D eigenvalue weighted by molar-refractivity contribution is 6.76. The lowest BCUT2D eigenvalue weighted by Crippen LogP contribution is -2.36. The van der Waals surface area contributed by atoms with Crippen molar-refractivity contribution in [3.63, 3.8) is 0 Å². The van der Waals surface area contributed by atoms with Gasteiger partial charge in [-0.05, 0) is 56.0 Å². The van der Waals surface area contributed by atoms with E-state index in [4.69, 9.17) is 9.47 Å². The molecule has 4 rings (SSSR count). The monoisotopic (exact) mass is 472 g/mol. The zero-order chi connectivity index (χ0) is 23.8. The second-order valence-corrected chi connectivity index (χ2v) is 15.9. The molecule has 2 N–H and O–H groups in total. The number of carboxylic acids is 1. The topological polar surface area (TPSA) is 74.8 Å². The zero-order valence-corrected chi connectivity index (χ0v) is 20.8. The molecule has 8 heteroatoms. The van der Waals surface area contributed by atoms with E-state index < -0.39 is 20.1 Å². The second kappa shape index (κ2) is 9.35. The minimum absolute atomic E-state index is 0.205. The van der Waals surface area contributed by atoms with Crippen LogP contribution in [0.1, 0.15) is 42.6 Å². The zero-order valence-electron chi connectivity index (χ0n) is 19.8. The van der Waals surface area contributed by atoms with Gasteiger partial charge in [-0.3, -0.25) is 0 Å². The summed E-state index contributed by atoms with van der Waals surface area (Å²) in [6.45, 7) is 10.1. The molecule has 1 atom stereocenters. The number of nitrogens with one attached hydrogen (secondary N) is 1. The molecule has 1 aromatic carbocycles. The third-order valence-corrected chi connectivity index (χ3v) is 8.01. The van der Waals surface area contributed by atoms with Gasteiger partial charge in [-0.1, -0.05) is 19.6 Å². The number of hydrogen-bond acceptors (Lipinski definition) is 4. The Morgan fingerprint density at radius 1 is 1.24 bits per heavy atom. The lowest BCUT2D eigenvalue weighted by Gasteiger charge is -2.39. The normalized spacial score (nSPS) is 18.5. The smallest absolute Gasteiger partial charge is 0.339 e. The van der Waals surface area contributed by atoms with Crippen LogP contribution < -0.4 is 4.74 Å². The van der Waals surface area contributed by atoms with Crippen LogP contribution in [0.15, 0.2) is 36.2 Å². The van der Waals surface area contributed by atoms with Gasteiger partial charge in [0.25, 0.3) is 0 Å².